The molecule has 1 aliphatic rings. The topological polar surface area (TPSA) is 29.3 Å². The molecule has 0 spiro atoms. The Morgan fingerprint density at radius 2 is 1.56 bits per heavy atom. The standard InChI is InChI=1S/C14H30N2/c1-14(2,13-15)9-8-12-16-10-6-4-3-5-7-11-16/h3-13,15H2,1-2H3. The van der Waals surface area contributed by atoms with Gasteiger partial charge in [-0.2, -0.15) is 0 Å². The van der Waals surface area contributed by atoms with Gasteiger partial charge in [0, 0.05) is 0 Å². The fourth-order valence-corrected chi connectivity index (χ4v) is 2.42. The van der Waals surface area contributed by atoms with Gasteiger partial charge in [-0.05, 0) is 57.3 Å². The molecular weight excluding hydrogens is 196 g/mol. The SMILES string of the molecule is CC(C)(CN)CCCN1CCCCCCC1. The Balaban J connectivity index is 2.15. The molecule has 2 heteroatoms. The zero-order chi connectivity index (χ0) is 11.9. The molecule has 0 unspecified atom stereocenters. The molecular formula is C14H30N2. The van der Waals surface area contributed by atoms with Crippen molar-refractivity contribution in [3.05, 3.63) is 0 Å². The molecule has 1 aliphatic heterocycles. The Kier molecular flexibility index (Phi) is 6.37. The molecule has 0 radical (unpaired) electrons. The number of nitrogens with zero attached hydrogens (tertiary/aromatic N) is 1. The van der Waals surface area contributed by atoms with Gasteiger partial charge in [0.15, 0.2) is 0 Å². The summed E-state index contributed by atoms with van der Waals surface area (Å²) in [5.74, 6) is 0. The Bertz CT molecular complexity index is 170. The van der Waals surface area contributed by atoms with E-state index in [1.807, 2.05) is 0 Å². The van der Waals surface area contributed by atoms with E-state index in [0.29, 0.717) is 5.41 Å². The van der Waals surface area contributed by atoms with Crippen LogP contribution in [-0.2, 0) is 0 Å². The molecule has 2 nitrogen and oxygen atoms in total. The van der Waals surface area contributed by atoms with Crippen molar-refractivity contribution < 1.29 is 0 Å². The minimum atomic E-state index is 0.336. The van der Waals surface area contributed by atoms with Crippen molar-refractivity contribution in [1.82, 2.24) is 4.90 Å². The van der Waals surface area contributed by atoms with Gasteiger partial charge >= 0.3 is 0 Å². The van der Waals surface area contributed by atoms with Crippen LogP contribution in [0, 0.1) is 5.41 Å². The van der Waals surface area contributed by atoms with Crippen molar-refractivity contribution in [1.29, 1.82) is 0 Å². The second kappa shape index (κ2) is 7.29. The van der Waals surface area contributed by atoms with Crippen molar-refractivity contribution >= 4 is 0 Å². The highest BCUT2D eigenvalue weighted by atomic mass is 15.1. The monoisotopic (exact) mass is 226 g/mol. The van der Waals surface area contributed by atoms with Crippen LogP contribution in [0.2, 0.25) is 0 Å². The predicted octanol–water partition coefficient (Wildman–Crippen LogP) is 3.02. The highest BCUT2D eigenvalue weighted by Crippen LogP contribution is 2.20. The zero-order valence-electron chi connectivity index (χ0n) is 11.3. The second-order valence-electron chi connectivity index (χ2n) is 6.08. The summed E-state index contributed by atoms with van der Waals surface area (Å²) in [5, 5.41) is 0. The van der Waals surface area contributed by atoms with Gasteiger partial charge in [0.2, 0.25) is 0 Å². The average Bonchev–Trinajstić information content (AvgIpc) is 2.21. The minimum Gasteiger partial charge on any atom is -0.330 e. The van der Waals surface area contributed by atoms with Crippen LogP contribution in [0.25, 0.3) is 0 Å². The highest BCUT2D eigenvalue weighted by Gasteiger charge is 2.15. The van der Waals surface area contributed by atoms with Gasteiger partial charge in [-0.15, -0.1) is 0 Å². The number of hydrogen-bond acceptors (Lipinski definition) is 2. The smallest absolute Gasteiger partial charge is 0.00185 e. The first kappa shape index (κ1) is 14.0. The second-order valence-corrected chi connectivity index (χ2v) is 6.08. The first-order valence-electron chi connectivity index (χ1n) is 7.06. The summed E-state index contributed by atoms with van der Waals surface area (Å²) in [5.41, 5.74) is 6.09. The zero-order valence-corrected chi connectivity index (χ0v) is 11.3. The number of likely N-dealkylation sites (tertiary alicyclic amines) is 1. The maximum Gasteiger partial charge on any atom is -0.00185 e. The van der Waals surface area contributed by atoms with Crippen LogP contribution in [0.5, 0.6) is 0 Å². The maximum absolute atomic E-state index is 5.76. The number of nitrogens with two attached hydrogens (primary N) is 1. The van der Waals surface area contributed by atoms with E-state index in [4.69, 9.17) is 5.73 Å². The van der Waals surface area contributed by atoms with Gasteiger partial charge in [-0.3, -0.25) is 0 Å². The Hall–Kier alpha value is -0.0800. The molecule has 1 saturated heterocycles. The Labute approximate surface area is 102 Å². The van der Waals surface area contributed by atoms with Crippen molar-refractivity contribution in [2.45, 2.75) is 58.8 Å². The lowest BCUT2D eigenvalue weighted by Gasteiger charge is -2.27. The van der Waals surface area contributed by atoms with E-state index < -0.39 is 0 Å². The lowest BCUT2D eigenvalue weighted by Crippen LogP contribution is -2.30. The van der Waals surface area contributed by atoms with Crippen molar-refractivity contribution in [3.63, 3.8) is 0 Å². The summed E-state index contributed by atoms with van der Waals surface area (Å²) >= 11 is 0. The molecule has 16 heavy (non-hydrogen) atoms. The average molecular weight is 226 g/mol. The van der Waals surface area contributed by atoms with E-state index in [1.54, 1.807) is 0 Å². The lowest BCUT2D eigenvalue weighted by atomic mass is 9.88. The summed E-state index contributed by atoms with van der Waals surface area (Å²) in [7, 11) is 0. The number of rotatable bonds is 5. The van der Waals surface area contributed by atoms with Crippen molar-refractivity contribution in [3.8, 4) is 0 Å². The Morgan fingerprint density at radius 1 is 1.00 bits per heavy atom. The molecule has 1 rings (SSSR count). The quantitative estimate of drug-likeness (QED) is 0.781. The largest absolute Gasteiger partial charge is 0.330 e. The first-order chi connectivity index (χ1) is 7.64. The molecule has 1 heterocycles. The fourth-order valence-electron chi connectivity index (χ4n) is 2.42. The minimum absolute atomic E-state index is 0.336. The summed E-state index contributed by atoms with van der Waals surface area (Å²) in [4.78, 5) is 2.66. The molecule has 0 bridgehead atoms. The van der Waals surface area contributed by atoms with Gasteiger partial charge in [-0.25, -0.2) is 0 Å². The van der Waals surface area contributed by atoms with E-state index in [-0.39, 0.29) is 0 Å². The highest BCUT2D eigenvalue weighted by molar-refractivity contribution is 4.71. The molecule has 0 aromatic heterocycles. The van der Waals surface area contributed by atoms with Crippen molar-refractivity contribution in [2.24, 2.45) is 11.1 Å². The fraction of sp³-hybridized carbons (Fsp3) is 1.00. The van der Waals surface area contributed by atoms with E-state index >= 15 is 0 Å². The third-order valence-corrected chi connectivity index (χ3v) is 3.83. The van der Waals surface area contributed by atoms with Crippen LogP contribution in [-0.4, -0.2) is 31.1 Å². The predicted molar refractivity (Wildman–Crippen MR) is 71.6 cm³/mol. The maximum atomic E-state index is 5.76. The van der Waals surface area contributed by atoms with Crippen LogP contribution in [0.3, 0.4) is 0 Å². The lowest BCUT2D eigenvalue weighted by molar-refractivity contribution is 0.225. The summed E-state index contributed by atoms with van der Waals surface area (Å²) in [6.07, 6.45) is 9.70. The van der Waals surface area contributed by atoms with Crippen LogP contribution in [0.1, 0.15) is 58.8 Å². The molecule has 0 aliphatic carbocycles. The van der Waals surface area contributed by atoms with Crippen LogP contribution in [0.4, 0.5) is 0 Å². The molecule has 0 saturated carbocycles. The molecule has 0 aromatic rings. The van der Waals surface area contributed by atoms with Gasteiger partial charge in [0.25, 0.3) is 0 Å². The molecule has 96 valence electrons. The normalized spacial score (nSPS) is 20.4. The summed E-state index contributed by atoms with van der Waals surface area (Å²) < 4.78 is 0. The van der Waals surface area contributed by atoms with Crippen LogP contribution in [0.15, 0.2) is 0 Å². The van der Waals surface area contributed by atoms with Gasteiger partial charge in [0.1, 0.15) is 0 Å². The van der Waals surface area contributed by atoms with Crippen LogP contribution < -0.4 is 5.73 Å². The molecule has 1 fully saturated rings. The van der Waals surface area contributed by atoms with E-state index in [2.05, 4.69) is 18.7 Å². The third kappa shape index (κ3) is 5.86. The van der Waals surface area contributed by atoms with Crippen molar-refractivity contribution in [2.75, 3.05) is 26.2 Å². The Morgan fingerprint density at radius 3 is 2.12 bits per heavy atom. The van der Waals surface area contributed by atoms with Gasteiger partial charge in [-0.1, -0.05) is 33.1 Å². The van der Waals surface area contributed by atoms with Crippen LogP contribution >= 0.6 is 0 Å². The van der Waals surface area contributed by atoms with E-state index in [1.165, 1.54) is 64.6 Å². The molecule has 0 aromatic carbocycles. The van der Waals surface area contributed by atoms with Gasteiger partial charge < -0.3 is 10.6 Å². The number of hydrogen-bond donors (Lipinski definition) is 1. The van der Waals surface area contributed by atoms with E-state index in [0.717, 1.165) is 6.54 Å². The summed E-state index contributed by atoms with van der Waals surface area (Å²) in [6, 6.07) is 0. The third-order valence-electron chi connectivity index (χ3n) is 3.83. The molecule has 0 amide bonds. The van der Waals surface area contributed by atoms with Gasteiger partial charge in [0.05, 0.1) is 0 Å². The molecule has 2 N–H and O–H groups in total. The first-order valence-corrected chi connectivity index (χ1v) is 7.06. The van der Waals surface area contributed by atoms with E-state index in [9.17, 15) is 0 Å². The summed E-state index contributed by atoms with van der Waals surface area (Å²) in [6.45, 7) is 9.30. The molecule has 0 atom stereocenters.